The standard InChI is InChI=1S/C22H28N4O6.C21H30O3.2ClH/c27-11-9-23-5-7-25-13-1-2-14(26-8-6-24-10-12-28)18-17(13)21(31)19-15(29)3-4-16(30)20(19)22(18)32;1-13(22)24-15-8-10-20(2)14(12-15)4-5-16-17-6-7-19(23)21(17,3)11-9-18(16)20;;/h1-4,23-30H,5-12H2;4,15-18H,5-12H2,1-3H3;2*1H. The molecular weight excluding hydrogens is 787 g/mol. The van der Waals surface area contributed by atoms with Crippen LogP contribution in [0.3, 0.4) is 0 Å². The summed E-state index contributed by atoms with van der Waals surface area (Å²) in [7, 11) is 0. The SMILES string of the molecule is CC(=O)OC1CCC2(C)C(=CCC3C4CCC(=O)C4(C)CCC32)C1.Cl.Cl.O=C1c2c(O)ccc(O)c2C(=O)c2c(NCCNCCO)ccc(NCCNCCO)c21. The third-order valence-corrected chi connectivity index (χ3v) is 13.2. The minimum absolute atomic E-state index is 0. The van der Waals surface area contributed by atoms with Crippen molar-refractivity contribution < 1.29 is 44.3 Å². The van der Waals surface area contributed by atoms with E-state index in [4.69, 9.17) is 14.9 Å². The largest absolute Gasteiger partial charge is 0.507 e. The van der Waals surface area contributed by atoms with Crippen molar-refractivity contribution in [1.29, 1.82) is 0 Å². The molecule has 6 unspecified atom stereocenters. The molecule has 3 saturated carbocycles. The predicted octanol–water partition coefficient (Wildman–Crippen LogP) is 5.15. The molecule has 2 aromatic rings. The summed E-state index contributed by atoms with van der Waals surface area (Å²) in [6.07, 6.45) is 10.8. The van der Waals surface area contributed by atoms with Crippen LogP contribution in [0, 0.1) is 28.6 Å². The van der Waals surface area contributed by atoms with Crippen molar-refractivity contribution in [3.8, 4) is 11.5 Å². The van der Waals surface area contributed by atoms with Gasteiger partial charge in [0.15, 0.2) is 0 Å². The molecule has 58 heavy (non-hydrogen) atoms. The van der Waals surface area contributed by atoms with Gasteiger partial charge in [0, 0.05) is 75.8 Å². The minimum Gasteiger partial charge on any atom is -0.507 e. The number of ether oxygens (including phenoxy) is 1. The Morgan fingerprint density at radius 2 is 1.24 bits per heavy atom. The lowest BCUT2D eigenvalue weighted by Crippen LogP contribution is -2.50. The Hall–Kier alpha value is -3.72. The number of rotatable bonds is 13. The monoisotopic (exact) mass is 846 g/mol. The number of aromatic hydroxyl groups is 2. The second-order valence-electron chi connectivity index (χ2n) is 16.4. The molecule has 320 valence electrons. The predicted molar refractivity (Wildman–Crippen MR) is 227 cm³/mol. The number of anilines is 2. The molecule has 0 aliphatic heterocycles. The van der Waals surface area contributed by atoms with Crippen molar-refractivity contribution in [3.63, 3.8) is 0 Å². The van der Waals surface area contributed by atoms with Crippen LogP contribution in [-0.2, 0) is 14.3 Å². The highest BCUT2D eigenvalue weighted by Gasteiger charge is 2.58. The van der Waals surface area contributed by atoms with Gasteiger partial charge in [-0.25, -0.2) is 0 Å². The van der Waals surface area contributed by atoms with E-state index in [2.05, 4.69) is 41.2 Å². The molecule has 6 atom stereocenters. The lowest BCUT2D eigenvalue weighted by molar-refractivity contribution is -0.148. The van der Waals surface area contributed by atoms with Crippen molar-refractivity contribution in [2.45, 2.75) is 78.2 Å². The van der Waals surface area contributed by atoms with Gasteiger partial charge in [-0.1, -0.05) is 25.5 Å². The summed E-state index contributed by atoms with van der Waals surface area (Å²) in [4.78, 5) is 50.5. The topological polar surface area (TPSA) is 207 Å². The molecule has 5 aliphatic carbocycles. The maximum Gasteiger partial charge on any atom is 0.302 e. The van der Waals surface area contributed by atoms with E-state index >= 15 is 0 Å². The third-order valence-electron chi connectivity index (χ3n) is 13.2. The van der Waals surface area contributed by atoms with Gasteiger partial charge in [-0.3, -0.25) is 19.2 Å². The van der Waals surface area contributed by atoms with Gasteiger partial charge in [-0.05, 0) is 86.0 Å². The van der Waals surface area contributed by atoms with E-state index in [0.29, 0.717) is 74.2 Å². The van der Waals surface area contributed by atoms with Crippen LogP contribution < -0.4 is 21.3 Å². The zero-order valence-corrected chi connectivity index (χ0v) is 35.3. The zero-order valence-electron chi connectivity index (χ0n) is 33.7. The number of halogens is 2. The van der Waals surface area contributed by atoms with E-state index in [9.17, 15) is 29.4 Å². The van der Waals surface area contributed by atoms with E-state index in [1.165, 1.54) is 31.1 Å². The maximum absolute atomic E-state index is 13.4. The Labute approximate surface area is 353 Å². The van der Waals surface area contributed by atoms with Crippen molar-refractivity contribution in [1.82, 2.24) is 10.6 Å². The van der Waals surface area contributed by atoms with Crippen LogP contribution in [0.4, 0.5) is 11.4 Å². The number of aliphatic hydroxyl groups excluding tert-OH is 2. The number of benzene rings is 2. The first-order valence-electron chi connectivity index (χ1n) is 20.2. The summed E-state index contributed by atoms with van der Waals surface area (Å²) in [6, 6.07) is 5.74. The molecule has 0 bridgehead atoms. The van der Waals surface area contributed by atoms with Crippen LogP contribution in [0.2, 0.25) is 0 Å². The number of Topliss-reactive ketones (excluding diaryl/α,β-unsaturated/α-hetero) is 1. The smallest absolute Gasteiger partial charge is 0.302 e. The molecule has 7 rings (SSSR count). The number of esters is 1. The maximum atomic E-state index is 13.4. The number of ketones is 3. The summed E-state index contributed by atoms with van der Waals surface area (Å²) < 4.78 is 5.50. The van der Waals surface area contributed by atoms with Gasteiger partial charge in [-0.15, -0.1) is 24.8 Å². The Bertz CT molecular complexity index is 1800. The number of phenolic OH excluding ortho intramolecular Hbond substituents is 2. The summed E-state index contributed by atoms with van der Waals surface area (Å²) in [5, 5.41) is 50.6. The molecule has 0 saturated heterocycles. The lowest BCUT2D eigenvalue weighted by atomic mass is 9.48. The highest BCUT2D eigenvalue weighted by Crippen LogP contribution is 2.64. The normalized spacial score (nSPS) is 26.4. The van der Waals surface area contributed by atoms with Crippen molar-refractivity contribution in [3.05, 3.63) is 58.2 Å². The average molecular weight is 848 g/mol. The van der Waals surface area contributed by atoms with Gasteiger partial charge in [0.05, 0.1) is 35.5 Å². The van der Waals surface area contributed by atoms with Gasteiger partial charge in [0.25, 0.3) is 0 Å². The first-order valence-corrected chi connectivity index (χ1v) is 20.2. The molecule has 2 aromatic carbocycles. The average Bonchev–Trinajstić information content (AvgIpc) is 3.48. The Morgan fingerprint density at radius 1 is 0.724 bits per heavy atom. The van der Waals surface area contributed by atoms with Crippen molar-refractivity contribution >= 4 is 59.5 Å². The van der Waals surface area contributed by atoms with E-state index < -0.39 is 11.6 Å². The number of phenols is 2. The van der Waals surface area contributed by atoms with E-state index in [-0.39, 0.29) is 94.7 Å². The number of nitrogens with one attached hydrogen (secondary N) is 4. The highest BCUT2D eigenvalue weighted by molar-refractivity contribution is 6.33. The van der Waals surface area contributed by atoms with Gasteiger partial charge in [-0.2, -0.15) is 0 Å². The summed E-state index contributed by atoms with van der Waals surface area (Å²) in [6.45, 7) is 9.00. The number of carbonyl (C=O) groups is 4. The number of carbonyl (C=O) groups excluding carboxylic acids is 4. The molecule has 0 heterocycles. The van der Waals surface area contributed by atoms with E-state index in [0.717, 1.165) is 44.9 Å². The zero-order chi connectivity index (χ0) is 40.2. The second-order valence-corrected chi connectivity index (χ2v) is 16.4. The molecule has 0 radical (unpaired) electrons. The van der Waals surface area contributed by atoms with E-state index in [1.807, 2.05) is 0 Å². The van der Waals surface area contributed by atoms with Gasteiger partial charge >= 0.3 is 5.97 Å². The molecule has 0 amide bonds. The van der Waals surface area contributed by atoms with Crippen LogP contribution >= 0.6 is 24.8 Å². The van der Waals surface area contributed by atoms with Crippen LogP contribution in [0.1, 0.15) is 104 Å². The van der Waals surface area contributed by atoms with Gasteiger partial charge in [0.1, 0.15) is 23.4 Å². The van der Waals surface area contributed by atoms with E-state index in [1.54, 1.807) is 12.1 Å². The summed E-state index contributed by atoms with van der Waals surface area (Å²) in [5.74, 6) is 0.471. The number of allylic oxidation sites excluding steroid dienone is 1. The van der Waals surface area contributed by atoms with Crippen LogP contribution in [0.15, 0.2) is 35.9 Å². The van der Waals surface area contributed by atoms with Crippen molar-refractivity contribution in [2.75, 3.05) is 63.1 Å². The fourth-order valence-corrected chi connectivity index (χ4v) is 10.4. The summed E-state index contributed by atoms with van der Waals surface area (Å²) in [5.41, 5.74) is 2.41. The molecule has 0 spiro atoms. The molecule has 13 nitrogen and oxygen atoms in total. The number of hydrogen-bond acceptors (Lipinski definition) is 13. The molecule has 0 aromatic heterocycles. The fraction of sp³-hybridized carbons (Fsp3) is 0.581. The van der Waals surface area contributed by atoms with Gasteiger partial charge in [0.2, 0.25) is 11.6 Å². The number of fused-ring (bicyclic) bond motifs is 7. The molecule has 15 heteroatoms. The van der Waals surface area contributed by atoms with Crippen LogP contribution in [0.5, 0.6) is 11.5 Å². The molecule has 5 aliphatic rings. The molecular formula is C43H60Cl2N4O9. The first-order chi connectivity index (χ1) is 26.8. The highest BCUT2D eigenvalue weighted by atomic mass is 35.5. The Kier molecular flexibility index (Phi) is 16.2. The van der Waals surface area contributed by atoms with Crippen LogP contribution in [0.25, 0.3) is 0 Å². The quantitative estimate of drug-likeness (QED) is 0.0486. The number of hydrogen-bond donors (Lipinski definition) is 8. The lowest BCUT2D eigenvalue weighted by Gasteiger charge is -2.56. The van der Waals surface area contributed by atoms with Crippen molar-refractivity contribution in [2.24, 2.45) is 28.6 Å². The fourth-order valence-electron chi connectivity index (χ4n) is 10.4. The first kappa shape index (κ1) is 47.0. The second kappa shape index (κ2) is 20.0. The summed E-state index contributed by atoms with van der Waals surface area (Å²) >= 11 is 0. The molecule has 8 N–H and O–H groups in total. The number of aliphatic hydroxyl groups is 2. The minimum atomic E-state index is -0.559. The van der Waals surface area contributed by atoms with Gasteiger partial charge < -0.3 is 46.4 Å². The third kappa shape index (κ3) is 9.19. The van der Waals surface area contributed by atoms with Crippen LogP contribution in [-0.4, -0.2) is 102 Å². The molecule has 3 fully saturated rings. The Balaban J connectivity index is 0.000000256. The Morgan fingerprint density at radius 3 is 1.76 bits per heavy atom.